The number of hydrogen-bond donors (Lipinski definition) is 2. The van der Waals surface area contributed by atoms with Gasteiger partial charge >= 0.3 is 7.60 Å². The van der Waals surface area contributed by atoms with Gasteiger partial charge in [-0.3, -0.25) is 5.32 Å². The predicted octanol–water partition coefficient (Wildman–Crippen LogP) is 6.15. The number of para-hydroxylation sites is 2. The average Bonchev–Trinajstić information content (AvgIpc) is 3.30. The van der Waals surface area contributed by atoms with Crippen molar-refractivity contribution in [2.75, 3.05) is 0 Å². The lowest BCUT2D eigenvalue weighted by Crippen LogP contribution is -2.25. The van der Waals surface area contributed by atoms with Crippen LogP contribution in [0.5, 0.6) is 11.5 Å². The Morgan fingerprint density at radius 2 is 1.27 bits per heavy atom. The van der Waals surface area contributed by atoms with Gasteiger partial charge in [0.25, 0.3) is 0 Å². The molecule has 0 saturated carbocycles. The number of hydrogen-bond acceptors (Lipinski definition) is 4. The Bertz CT molecular complexity index is 1030. The van der Waals surface area contributed by atoms with Crippen molar-refractivity contribution in [3.05, 3.63) is 121 Å². The first-order valence-electron chi connectivity index (χ1n) is 9.72. The molecule has 1 aromatic heterocycles. The molecule has 0 radical (unpaired) electrons. The lowest BCUT2D eigenvalue weighted by atomic mass is 10.2. The number of nitrogens with one attached hydrogen (secondary N) is 2. The maximum atomic E-state index is 14.2. The average molecular weight is 418 g/mol. The van der Waals surface area contributed by atoms with E-state index >= 15 is 0 Å². The third-order valence-electron chi connectivity index (χ3n) is 4.53. The normalized spacial score (nSPS) is 12.3. The van der Waals surface area contributed by atoms with E-state index in [9.17, 15) is 4.57 Å². The molecule has 5 nitrogen and oxygen atoms in total. The smallest absolute Gasteiger partial charge is 0.415 e. The molecule has 1 heterocycles. The molecular weight excluding hydrogens is 395 g/mol. The van der Waals surface area contributed by atoms with Gasteiger partial charge in [-0.25, -0.2) is 4.57 Å². The molecule has 0 spiro atoms. The molecular formula is C24H23N2O3P. The van der Waals surface area contributed by atoms with Crippen molar-refractivity contribution in [3.63, 3.8) is 0 Å². The second-order valence-corrected chi connectivity index (χ2v) is 8.70. The van der Waals surface area contributed by atoms with Gasteiger partial charge < -0.3 is 14.0 Å². The molecule has 3 aromatic carbocycles. The Morgan fingerprint density at radius 1 is 0.733 bits per heavy atom. The van der Waals surface area contributed by atoms with Crippen molar-refractivity contribution in [2.24, 2.45) is 0 Å². The van der Waals surface area contributed by atoms with Gasteiger partial charge in [-0.05, 0) is 42.0 Å². The zero-order valence-corrected chi connectivity index (χ0v) is 17.2. The molecule has 0 saturated heterocycles. The first-order valence-corrected chi connectivity index (χ1v) is 11.3. The summed E-state index contributed by atoms with van der Waals surface area (Å²) in [5, 5.41) is 3.38. The molecule has 1 atom stereocenters. The Kier molecular flexibility index (Phi) is 6.33. The minimum Gasteiger partial charge on any atom is -0.415 e. The van der Waals surface area contributed by atoms with Crippen LogP contribution in [0.2, 0.25) is 0 Å². The highest BCUT2D eigenvalue weighted by molar-refractivity contribution is 7.55. The van der Waals surface area contributed by atoms with Gasteiger partial charge in [0.05, 0.1) is 0 Å². The highest BCUT2D eigenvalue weighted by Gasteiger charge is 2.41. The van der Waals surface area contributed by atoms with E-state index in [0.717, 1.165) is 11.3 Å². The van der Waals surface area contributed by atoms with Gasteiger partial charge in [-0.15, -0.1) is 0 Å². The van der Waals surface area contributed by atoms with E-state index in [4.69, 9.17) is 9.05 Å². The lowest BCUT2D eigenvalue weighted by molar-refractivity contribution is 0.359. The van der Waals surface area contributed by atoms with Crippen LogP contribution < -0.4 is 14.4 Å². The van der Waals surface area contributed by atoms with Crippen molar-refractivity contribution in [3.8, 4) is 11.5 Å². The summed E-state index contributed by atoms with van der Waals surface area (Å²) in [5.74, 6) is 0.262. The van der Waals surface area contributed by atoms with Gasteiger partial charge in [-0.2, -0.15) is 0 Å². The largest absolute Gasteiger partial charge is 0.453 e. The number of rotatable bonds is 9. The monoisotopic (exact) mass is 418 g/mol. The van der Waals surface area contributed by atoms with Crippen LogP contribution in [0.4, 0.5) is 0 Å². The minimum absolute atomic E-state index is 0.481. The second kappa shape index (κ2) is 9.49. The summed E-state index contributed by atoms with van der Waals surface area (Å²) < 4.78 is 26.3. The van der Waals surface area contributed by atoms with Crippen LogP contribution in [0.15, 0.2) is 109 Å². The summed E-state index contributed by atoms with van der Waals surface area (Å²) in [6.07, 6.45) is 1.79. The van der Waals surface area contributed by atoms with Crippen molar-refractivity contribution < 1.29 is 13.6 Å². The Morgan fingerprint density at radius 3 is 1.77 bits per heavy atom. The fraction of sp³-hybridized carbons (Fsp3) is 0.0833. The standard InChI is InChI=1S/C24H23N2O3P/c27-30(28-21-13-6-2-7-14-21,29-22-15-8-3-9-16-22)24(23-17-10-18-25-23)26-19-20-11-4-1-5-12-20/h1-18,24-26H,19H2. The Balaban J connectivity index is 1.69. The van der Waals surface area contributed by atoms with E-state index in [1.807, 2.05) is 78.9 Å². The first-order chi connectivity index (χ1) is 14.7. The molecule has 0 fully saturated rings. The van der Waals surface area contributed by atoms with Crippen LogP contribution in [0.25, 0.3) is 0 Å². The van der Waals surface area contributed by atoms with E-state index in [2.05, 4.69) is 10.3 Å². The highest BCUT2D eigenvalue weighted by atomic mass is 31.2. The zero-order valence-electron chi connectivity index (χ0n) is 16.3. The fourth-order valence-corrected chi connectivity index (χ4v) is 4.99. The van der Waals surface area contributed by atoms with Crippen molar-refractivity contribution in [1.82, 2.24) is 10.3 Å². The molecule has 6 heteroatoms. The molecule has 0 aliphatic heterocycles. The maximum absolute atomic E-state index is 14.2. The molecule has 0 aliphatic carbocycles. The third-order valence-corrected chi connectivity index (χ3v) is 6.55. The zero-order chi connectivity index (χ0) is 20.7. The van der Waals surface area contributed by atoms with E-state index in [1.54, 1.807) is 30.5 Å². The lowest BCUT2D eigenvalue weighted by Gasteiger charge is -2.28. The SMILES string of the molecule is O=P(Oc1ccccc1)(Oc1ccccc1)C(NCc1ccccc1)c1ccc[nH]1. The Labute approximate surface area is 176 Å². The van der Waals surface area contributed by atoms with E-state index < -0.39 is 13.4 Å². The van der Waals surface area contributed by atoms with E-state index in [1.165, 1.54) is 0 Å². The van der Waals surface area contributed by atoms with Gasteiger partial charge in [0.1, 0.15) is 11.5 Å². The quantitative estimate of drug-likeness (QED) is 0.320. The molecule has 0 aliphatic rings. The van der Waals surface area contributed by atoms with Crippen LogP contribution in [0, 0.1) is 0 Å². The van der Waals surface area contributed by atoms with E-state index in [0.29, 0.717) is 18.0 Å². The summed E-state index contributed by atoms with van der Waals surface area (Å²) in [7, 11) is -3.74. The maximum Gasteiger partial charge on any atom is 0.453 e. The highest BCUT2D eigenvalue weighted by Crippen LogP contribution is 2.58. The molecule has 30 heavy (non-hydrogen) atoms. The third kappa shape index (κ3) is 5.01. The van der Waals surface area contributed by atoms with Crippen molar-refractivity contribution in [2.45, 2.75) is 12.3 Å². The van der Waals surface area contributed by atoms with Gasteiger partial charge in [-0.1, -0.05) is 66.7 Å². The van der Waals surface area contributed by atoms with Crippen molar-refractivity contribution >= 4 is 7.60 Å². The minimum atomic E-state index is -3.74. The van der Waals surface area contributed by atoms with Crippen LogP contribution in [0.3, 0.4) is 0 Å². The van der Waals surface area contributed by atoms with Crippen molar-refractivity contribution in [1.29, 1.82) is 0 Å². The fourth-order valence-electron chi connectivity index (χ4n) is 3.10. The number of aromatic nitrogens is 1. The summed E-state index contributed by atoms with van der Waals surface area (Å²) in [6, 6.07) is 31.9. The number of H-pyrrole nitrogens is 1. The summed E-state index contributed by atoms with van der Waals surface area (Å²) in [6.45, 7) is 0.505. The Hall–Kier alpha value is -3.27. The van der Waals surface area contributed by atoms with Gasteiger partial charge in [0, 0.05) is 18.4 Å². The molecule has 0 amide bonds. The first kappa shape index (κ1) is 20.0. The van der Waals surface area contributed by atoms with Crippen LogP contribution in [-0.4, -0.2) is 4.98 Å². The molecule has 4 aromatic rings. The van der Waals surface area contributed by atoms with Crippen LogP contribution >= 0.6 is 7.60 Å². The molecule has 2 N–H and O–H groups in total. The van der Waals surface area contributed by atoms with Gasteiger partial charge in [0.2, 0.25) is 0 Å². The topological polar surface area (TPSA) is 63.4 Å². The number of benzene rings is 3. The van der Waals surface area contributed by atoms with E-state index in [-0.39, 0.29) is 0 Å². The summed E-state index contributed by atoms with van der Waals surface area (Å²) in [4.78, 5) is 3.16. The molecule has 4 rings (SSSR count). The summed E-state index contributed by atoms with van der Waals surface area (Å²) in [5.41, 5.74) is 1.79. The van der Waals surface area contributed by atoms with Gasteiger partial charge in [0.15, 0.2) is 5.78 Å². The number of aromatic amines is 1. The molecule has 152 valence electrons. The summed E-state index contributed by atoms with van der Waals surface area (Å²) >= 11 is 0. The molecule has 0 bridgehead atoms. The van der Waals surface area contributed by atoms with Crippen LogP contribution in [-0.2, 0) is 11.1 Å². The van der Waals surface area contributed by atoms with Crippen LogP contribution in [0.1, 0.15) is 17.0 Å². The molecule has 1 unspecified atom stereocenters. The predicted molar refractivity (Wildman–Crippen MR) is 119 cm³/mol. The second-order valence-electron chi connectivity index (χ2n) is 6.74.